The van der Waals surface area contributed by atoms with Crippen molar-refractivity contribution in [1.29, 1.82) is 0 Å². The summed E-state index contributed by atoms with van der Waals surface area (Å²) in [5, 5.41) is 5.05. The molecule has 7 aromatic carbocycles. The summed E-state index contributed by atoms with van der Waals surface area (Å²) >= 11 is 0. The van der Waals surface area contributed by atoms with E-state index in [0.717, 1.165) is 11.4 Å². The number of para-hydroxylation sites is 3. The van der Waals surface area contributed by atoms with Crippen LogP contribution in [0.3, 0.4) is 0 Å². The number of fused-ring (bicyclic) bond motifs is 11. The highest BCUT2D eigenvalue weighted by Crippen LogP contribution is 2.53. The average molecular weight is 652 g/mol. The molecule has 2 unspecified atom stereocenters. The fraction of sp³-hybridized carbons (Fsp3) is 0.0417. The number of nitrogens with zero attached hydrogens (tertiary/aromatic N) is 3. The van der Waals surface area contributed by atoms with Crippen LogP contribution in [0.2, 0.25) is 0 Å². The lowest BCUT2D eigenvalue weighted by molar-refractivity contribution is 0.745. The summed E-state index contributed by atoms with van der Waals surface area (Å²) in [4.78, 5) is 2.58. The number of hydrogen-bond acceptors (Lipinski definition) is 1. The number of allylic oxidation sites excluding steroid dienone is 2. The maximum Gasteiger partial charge on any atom is 0.0782 e. The standard InChI is InChI=1S/C48H33N3/c1-4-14-32(15-5-1)33-24-26-36(27-25-33)49-42-22-12-10-20-37(42)39-30-31-44-45(46(39)49)41-29-28-40-38-21-11-13-23-43(38)50(34-16-6-2-7-17-34)47(40)48(41)51(44)35-18-8-3-9-19-35/h1-31,38,43H. The zero-order valence-electron chi connectivity index (χ0n) is 27.9. The lowest BCUT2D eigenvalue weighted by atomic mass is 9.91. The van der Waals surface area contributed by atoms with Gasteiger partial charge in [0.05, 0.1) is 33.8 Å². The molecule has 0 bridgehead atoms. The van der Waals surface area contributed by atoms with Gasteiger partial charge in [0.15, 0.2) is 0 Å². The zero-order chi connectivity index (χ0) is 33.5. The van der Waals surface area contributed by atoms with Crippen LogP contribution in [0.1, 0.15) is 11.5 Å². The summed E-state index contributed by atoms with van der Waals surface area (Å²) in [5.41, 5.74) is 13.5. The lowest BCUT2D eigenvalue weighted by Crippen LogP contribution is -2.28. The molecule has 2 aromatic heterocycles. The van der Waals surface area contributed by atoms with Gasteiger partial charge in [0.25, 0.3) is 0 Å². The van der Waals surface area contributed by atoms with Crippen LogP contribution in [0.25, 0.3) is 66.1 Å². The number of anilines is 2. The number of hydrogen-bond donors (Lipinski definition) is 0. The van der Waals surface area contributed by atoms with Crippen molar-refractivity contribution in [3.63, 3.8) is 0 Å². The average Bonchev–Trinajstić information content (AvgIpc) is 3.85. The maximum atomic E-state index is 2.58. The van der Waals surface area contributed by atoms with Gasteiger partial charge in [-0.3, -0.25) is 0 Å². The summed E-state index contributed by atoms with van der Waals surface area (Å²) in [6.07, 6.45) is 9.16. The van der Waals surface area contributed by atoms with Crippen molar-refractivity contribution in [2.24, 2.45) is 0 Å². The number of rotatable bonds is 4. The van der Waals surface area contributed by atoms with Gasteiger partial charge in [-0.1, -0.05) is 140 Å². The minimum atomic E-state index is 0.204. The van der Waals surface area contributed by atoms with Crippen molar-refractivity contribution < 1.29 is 0 Å². The number of aromatic nitrogens is 2. The third-order valence-corrected chi connectivity index (χ3v) is 11.0. The highest BCUT2D eigenvalue weighted by molar-refractivity contribution is 6.28. The van der Waals surface area contributed by atoms with Crippen LogP contribution in [0.15, 0.2) is 188 Å². The van der Waals surface area contributed by atoms with E-state index in [1.54, 1.807) is 0 Å². The van der Waals surface area contributed by atoms with Crippen LogP contribution in [0, 0.1) is 0 Å². The lowest BCUT2D eigenvalue weighted by Gasteiger charge is -2.29. The first-order valence-electron chi connectivity index (χ1n) is 17.8. The van der Waals surface area contributed by atoms with Crippen LogP contribution in [-0.4, -0.2) is 15.2 Å². The van der Waals surface area contributed by atoms with E-state index in [1.165, 1.54) is 71.7 Å². The van der Waals surface area contributed by atoms with Gasteiger partial charge in [-0.15, -0.1) is 0 Å². The minimum Gasteiger partial charge on any atom is -0.332 e. The minimum absolute atomic E-state index is 0.204. The SMILES string of the molecule is C1=CC2c3ccc4c5c(ccc6c7ccccc7n(-c7ccc(-c8ccccc8)cc7)c65)n(-c5ccccc5)c4c3N(c3ccccc3)C2C=C1. The molecule has 3 heteroatoms. The predicted octanol–water partition coefficient (Wildman–Crippen LogP) is 12.3. The topological polar surface area (TPSA) is 13.1 Å². The molecule has 0 amide bonds. The first kappa shape index (κ1) is 28.3. The van der Waals surface area contributed by atoms with E-state index in [1.807, 2.05) is 0 Å². The molecule has 51 heavy (non-hydrogen) atoms. The summed E-state index contributed by atoms with van der Waals surface area (Å²) in [6, 6.07) is 60.1. The first-order chi connectivity index (χ1) is 25.3. The molecular weight excluding hydrogens is 619 g/mol. The van der Waals surface area contributed by atoms with Crippen LogP contribution in [0.4, 0.5) is 11.4 Å². The predicted molar refractivity (Wildman–Crippen MR) is 214 cm³/mol. The van der Waals surface area contributed by atoms with Crippen molar-refractivity contribution in [2.75, 3.05) is 4.90 Å². The summed E-state index contributed by atoms with van der Waals surface area (Å²) < 4.78 is 5.01. The quantitative estimate of drug-likeness (QED) is 0.185. The highest BCUT2D eigenvalue weighted by Gasteiger charge is 2.40. The van der Waals surface area contributed by atoms with Crippen molar-refractivity contribution in [3.8, 4) is 22.5 Å². The van der Waals surface area contributed by atoms with E-state index in [-0.39, 0.29) is 12.0 Å². The van der Waals surface area contributed by atoms with Gasteiger partial charge in [0, 0.05) is 44.5 Å². The Balaban J connectivity index is 1.29. The second kappa shape index (κ2) is 11.0. The smallest absolute Gasteiger partial charge is 0.0782 e. The third-order valence-electron chi connectivity index (χ3n) is 11.0. The van der Waals surface area contributed by atoms with Crippen molar-refractivity contribution >= 4 is 55.0 Å². The molecule has 1 aliphatic carbocycles. The molecule has 3 heterocycles. The van der Waals surface area contributed by atoms with Gasteiger partial charge in [-0.25, -0.2) is 0 Å². The molecule has 3 nitrogen and oxygen atoms in total. The molecule has 1 aliphatic heterocycles. The molecule has 0 radical (unpaired) electrons. The molecule has 0 fully saturated rings. The maximum absolute atomic E-state index is 2.58. The van der Waals surface area contributed by atoms with Crippen molar-refractivity contribution in [2.45, 2.75) is 12.0 Å². The van der Waals surface area contributed by atoms with E-state index in [2.05, 4.69) is 202 Å². The van der Waals surface area contributed by atoms with E-state index in [0.29, 0.717) is 0 Å². The van der Waals surface area contributed by atoms with Gasteiger partial charge in [0.2, 0.25) is 0 Å². The summed E-state index contributed by atoms with van der Waals surface area (Å²) in [7, 11) is 0. The molecule has 0 saturated carbocycles. The Labute approximate surface area is 296 Å². The summed E-state index contributed by atoms with van der Waals surface area (Å²) in [6.45, 7) is 0. The van der Waals surface area contributed by atoms with Crippen LogP contribution >= 0.6 is 0 Å². The first-order valence-corrected chi connectivity index (χ1v) is 17.8. The van der Waals surface area contributed by atoms with E-state index in [4.69, 9.17) is 0 Å². The van der Waals surface area contributed by atoms with E-state index < -0.39 is 0 Å². The Morgan fingerprint density at radius 2 is 1.00 bits per heavy atom. The molecule has 240 valence electrons. The van der Waals surface area contributed by atoms with Crippen molar-refractivity contribution in [3.05, 3.63) is 194 Å². The largest absolute Gasteiger partial charge is 0.332 e. The molecule has 2 atom stereocenters. The Morgan fingerprint density at radius 3 is 1.78 bits per heavy atom. The van der Waals surface area contributed by atoms with Gasteiger partial charge < -0.3 is 14.0 Å². The fourth-order valence-corrected chi connectivity index (χ4v) is 8.88. The van der Waals surface area contributed by atoms with Gasteiger partial charge in [0.1, 0.15) is 0 Å². The molecular formula is C48H33N3. The van der Waals surface area contributed by atoms with Crippen LogP contribution in [-0.2, 0) is 0 Å². The van der Waals surface area contributed by atoms with Gasteiger partial charge in [-0.2, -0.15) is 0 Å². The zero-order valence-corrected chi connectivity index (χ0v) is 27.9. The Kier molecular flexibility index (Phi) is 6.08. The van der Waals surface area contributed by atoms with Gasteiger partial charge >= 0.3 is 0 Å². The second-order valence-corrected chi connectivity index (χ2v) is 13.7. The second-order valence-electron chi connectivity index (χ2n) is 13.7. The Hall–Kier alpha value is -6.58. The van der Waals surface area contributed by atoms with Crippen molar-refractivity contribution in [1.82, 2.24) is 9.13 Å². The van der Waals surface area contributed by atoms with Gasteiger partial charge in [-0.05, 0) is 65.2 Å². The molecule has 2 aliphatic rings. The highest BCUT2D eigenvalue weighted by atomic mass is 15.2. The van der Waals surface area contributed by atoms with E-state index >= 15 is 0 Å². The summed E-state index contributed by atoms with van der Waals surface area (Å²) in [5.74, 6) is 0.270. The Morgan fingerprint density at radius 1 is 0.392 bits per heavy atom. The third kappa shape index (κ3) is 4.06. The molecule has 0 N–H and O–H groups in total. The molecule has 0 spiro atoms. The molecule has 9 aromatic rings. The van der Waals surface area contributed by atoms with Crippen LogP contribution < -0.4 is 4.90 Å². The Bertz CT molecular complexity index is 2840. The molecule has 11 rings (SSSR count). The van der Waals surface area contributed by atoms with E-state index in [9.17, 15) is 0 Å². The van der Waals surface area contributed by atoms with Crippen LogP contribution in [0.5, 0.6) is 0 Å². The monoisotopic (exact) mass is 651 g/mol. The fourth-order valence-electron chi connectivity index (χ4n) is 8.88. The molecule has 0 saturated heterocycles. The normalized spacial score (nSPS) is 16.4. The number of benzene rings is 7.